The van der Waals surface area contributed by atoms with E-state index < -0.39 is 32.4 Å². The van der Waals surface area contributed by atoms with Crippen LogP contribution in [0.3, 0.4) is 0 Å². The lowest BCUT2D eigenvalue weighted by molar-refractivity contribution is -0.352. The summed E-state index contributed by atoms with van der Waals surface area (Å²) in [7, 11) is -1.32. The molecule has 0 spiro atoms. The highest BCUT2D eigenvalue weighted by molar-refractivity contribution is 6.76. The van der Waals surface area contributed by atoms with Crippen molar-refractivity contribution < 1.29 is 42.8 Å². The van der Waals surface area contributed by atoms with E-state index in [9.17, 15) is 14.4 Å². The van der Waals surface area contributed by atoms with Crippen LogP contribution >= 0.6 is 0 Å². The monoisotopic (exact) mass is 629 g/mol. The van der Waals surface area contributed by atoms with Crippen molar-refractivity contribution in [1.29, 1.82) is 0 Å². The van der Waals surface area contributed by atoms with E-state index in [2.05, 4.69) is 38.8 Å². The summed E-state index contributed by atoms with van der Waals surface area (Å²) in [6.07, 6.45) is -0.578. The summed E-state index contributed by atoms with van der Waals surface area (Å²) in [6, 6.07) is 0.724. The molecule has 2 aliphatic heterocycles. The molecule has 2 heterocycles. The molecule has 11 atom stereocenters. The maximum absolute atomic E-state index is 12.6. The predicted octanol–water partition coefficient (Wildman–Crippen LogP) is 5.30. The van der Waals surface area contributed by atoms with Crippen molar-refractivity contribution in [3.63, 3.8) is 0 Å². The largest absolute Gasteiger partial charge is 0.463 e. The second-order valence-electron chi connectivity index (χ2n) is 14.1. The zero-order valence-electron chi connectivity index (χ0n) is 28.7. The van der Waals surface area contributed by atoms with Gasteiger partial charge in [-0.3, -0.25) is 14.4 Å². The lowest BCUT2D eigenvalue weighted by Gasteiger charge is -2.52. The van der Waals surface area contributed by atoms with Crippen LogP contribution in [-0.4, -0.2) is 81.7 Å². The normalized spacial score (nSPS) is 34.6. The Morgan fingerprint density at radius 2 is 1.70 bits per heavy atom. The van der Waals surface area contributed by atoms with Crippen LogP contribution in [-0.2, 0) is 42.8 Å². The van der Waals surface area contributed by atoms with Gasteiger partial charge in [0.05, 0.1) is 24.4 Å². The minimum absolute atomic E-state index is 0.0163. The summed E-state index contributed by atoms with van der Waals surface area (Å²) in [4.78, 5) is 36.1. The zero-order valence-corrected chi connectivity index (χ0v) is 29.7. The molecule has 1 N–H and O–H groups in total. The summed E-state index contributed by atoms with van der Waals surface area (Å²) in [6.45, 7) is 24.4. The summed E-state index contributed by atoms with van der Waals surface area (Å²) in [5, 5.41) is 3.17. The van der Waals surface area contributed by atoms with Crippen molar-refractivity contribution in [2.75, 3.05) is 13.2 Å². The first-order valence-electron chi connectivity index (χ1n) is 16.1. The molecule has 0 saturated carbocycles. The molecule has 0 aromatic carbocycles. The van der Waals surface area contributed by atoms with Crippen LogP contribution in [0.25, 0.3) is 0 Å². The molecule has 1 amide bonds. The molecule has 3 unspecified atom stereocenters. The SMILES string of the molecule is CCC(=O)N[C@H]1C([C@H](C)[C@@H](CC)OC(C)=O)O[C@](C)(OC2[C@@H](C)C(COC(C)=O)O[C@@H](OCC[Si](C)(C)C)[C@H]2C)C[C@H]1C. The third kappa shape index (κ3) is 11.1. The van der Waals surface area contributed by atoms with Gasteiger partial charge in [0.25, 0.3) is 0 Å². The Morgan fingerprint density at radius 3 is 2.23 bits per heavy atom. The standard InChI is InChI=1S/C32H59NO9Si/c1-13-25(39-24(8)35)20(4)30-28(33-27(36)14-2)19(3)17-32(9,42-30)41-29-21(5)26(18-38-23(7)34)40-31(22(29)6)37-15-16-43(10,11)12/h19-22,25-26,28-31H,13-18H2,1-12H3,(H,33,36)/t19-,20-,21+,22+,25-,26?,28-,29?,30?,31-,32+/m1/s1. The average Bonchev–Trinajstić information content (AvgIpc) is 2.90. The number of nitrogens with one attached hydrogen (secondary N) is 1. The second-order valence-corrected chi connectivity index (χ2v) is 19.7. The second kappa shape index (κ2) is 16.2. The van der Waals surface area contributed by atoms with E-state index in [0.717, 1.165) is 6.04 Å². The Balaban J connectivity index is 2.37. The fourth-order valence-corrected chi connectivity index (χ4v) is 7.02. The van der Waals surface area contributed by atoms with Crippen LogP contribution < -0.4 is 5.32 Å². The zero-order chi connectivity index (χ0) is 32.7. The molecular weight excluding hydrogens is 570 g/mol. The van der Waals surface area contributed by atoms with Crippen molar-refractivity contribution >= 4 is 25.9 Å². The van der Waals surface area contributed by atoms with Crippen LogP contribution in [0.1, 0.15) is 81.6 Å². The van der Waals surface area contributed by atoms with Gasteiger partial charge >= 0.3 is 11.9 Å². The summed E-state index contributed by atoms with van der Waals surface area (Å²) < 4.78 is 37.5. The van der Waals surface area contributed by atoms with E-state index in [0.29, 0.717) is 25.9 Å². The Bertz CT molecular complexity index is 927. The van der Waals surface area contributed by atoms with Gasteiger partial charge in [-0.1, -0.05) is 61.2 Å². The first kappa shape index (κ1) is 37.7. The first-order chi connectivity index (χ1) is 19.9. The fraction of sp³-hybridized carbons (Fsp3) is 0.906. The molecule has 0 aromatic rings. The molecule has 0 radical (unpaired) electrons. The molecule has 250 valence electrons. The molecule has 0 aromatic heterocycles. The van der Waals surface area contributed by atoms with Crippen molar-refractivity contribution in [1.82, 2.24) is 5.32 Å². The lowest BCUT2D eigenvalue weighted by atomic mass is 9.79. The molecule has 10 nitrogen and oxygen atoms in total. The fourth-order valence-electron chi connectivity index (χ4n) is 6.29. The molecule has 2 aliphatic rings. The summed E-state index contributed by atoms with van der Waals surface area (Å²) in [5.41, 5.74) is 0. The van der Waals surface area contributed by atoms with Gasteiger partial charge in [0, 0.05) is 59.1 Å². The van der Waals surface area contributed by atoms with Crippen LogP contribution in [0, 0.1) is 23.7 Å². The van der Waals surface area contributed by atoms with Crippen LogP contribution in [0.4, 0.5) is 0 Å². The number of esters is 2. The third-order valence-electron chi connectivity index (χ3n) is 8.85. The van der Waals surface area contributed by atoms with E-state index >= 15 is 0 Å². The number of carbonyl (C=O) groups excluding carboxylic acids is 3. The minimum Gasteiger partial charge on any atom is -0.463 e. The first-order valence-corrected chi connectivity index (χ1v) is 19.8. The van der Waals surface area contributed by atoms with Crippen molar-refractivity contribution in [2.45, 2.75) is 150 Å². The molecule has 0 aliphatic carbocycles. The van der Waals surface area contributed by atoms with Gasteiger partial charge < -0.3 is 33.7 Å². The Labute approximate surface area is 260 Å². The van der Waals surface area contributed by atoms with Crippen LogP contribution in [0.15, 0.2) is 0 Å². The van der Waals surface area contributed by atoms with E-state index in [1.807, 2.05) is 34.6 Å². The van der Waals surface area contributed by atoms with Crippen LogP contribution in [0.5, 0.6) is 0 Å². The molecular formula is C32H59NO9Si. The molecule has 0 bridgehead atoms. The average molecular weight is 630 g/mol. The van der Waals surface area contributed by atoms with Gasteiger partial charge in [-0.25, -0.2) is 0 Å². The van der Waals surface area contributed by atoms with Gasteiger partial charge in [0.2, 0.25) is 5.91 Å². The molecule has 2 rings (SSSR count). The quantitative estimate of drug-likeness (QED) is 0.202. The maximum atomic E-state index is 12.6. The van der Waals surface area contributed by atoms with E-state index in [4.69, 9.17) is 28.4 Å². The number of rotatable bonds is 14. The van der Waals surface area contributed by atoms with Crippen LogP contribution in [0.2, 0.25) is 25.7 Å². The smallest absolute Gasteiger partial charge is 0.302 e. The van der Waals surface area contributed by atoms with Gasteiger partial charge in [-0.15, -0.1) is 0 Å². The number of hydrogen-bond donors (Lipinski definition) is 1. The summed E-state index contributed by atoms with van der Waals surface area (Å²) >= 11 is 0. The third-order valence-corrected chi connectivity index (χ3v) is 10.6. The van der Waals surface area contributed by atoms with Gasteiger partial charge in [-0.05, 0) is 25.3 Å². The summed E-state index contributed by atoms with van der Waals surface area (Å²) in [5.74, 6) is -2.21. The van der Waals surface area contributed by atoms with E-state index in [1.54, 1.807) is 0 Å². The topological polar surface area (TPSA) is 119 Å². The van der Waals surface area contributed by atoms with Gasteiger partial charge in [-0.2, -0.15) is 0 Å². The lowest BCUT2D eigenvalue weighted by Crippen LogP contribution is -2.63. The predicted molar refractivity (Wildman–Crippen MR) is 167 cm³/mol. The highest BCUT2D eigenvalue weighted by Gasteiger charge is 2.52. The van der Waals surface area contributed by atoms with E-state index in [-0.39, 0.29) is 66.4 Å². The van der Waals surface area contributed by atoms with Crippen molar-refractivity contribution in [3.05, 3.63) is 0 Å². The Hall–Kier alpha value is -1.53. The highest BCUT2D eigenvalue weighted by Crippen LogP contribution is 2.43. The van der Waals surface area contributed by atoms with Crippen molar-refractivity contribution in [2.24, 2.45) is 23.7 Å². The van der Waals surface area contributed by atoms with Crippen molar-refractivity contribution in [3.8, 4) is 0 Å². The number of ether oxygens (including phenoxy) is 6. The minimum atomic E-state index is -1.32. The Kier molecular flexibility index (Phi) is 14.1. The van der Waals surface area contributed by atoms with E-state index in [1.165, 1.54) is 13.8 Å². The highest BCUT2D eigenvalue weighted by atomic mass is 28.3. The molecule has 43 heavy (non-hydrogen) atoms. The number of carbonyl (C=O) groups is 3. The molecule has 11 heteroatoms. The Morgan fingerprint density at radius 1 is 1.05 bits per heavy atom. The molecule has 2 saturated heterocycles. The molecule has 2 fully saturated rings. The number of hydrogen-bond acceptors (Lipinski definition) is 9. The van der Waals surface area contributed by atoms with Gasteiger partial charge in [0.15, 0.2) is 12.1 Å². The van der Waals surface area contributed by atoms with Gasteiger partial charge in [0.1, 0.15) is 12.7 Å². The maximum Gasteiger partial charge on any atom is 0.302 e. The number of amides is 1.